The summed E-state index contributed by atoms with van der Waals surface area (Å²) in [6.07, 6.45) is -0.380. The van der Waals surface area contributed by atoms with Gasteiger partial charge in [-0.05, 0) is 25.7 Å². The van der Waals surface area contributed by atoms with Gasteiger partial charge in [-0.2, -0.15) is 0 Å². The molecule has 4 atom stereocenters. The van der Waals surface area contributed by atoms with Crippen LogP contribution >= 0.6 is 0 Å². The van der Waals surface area contributed by atoms with Gasteiger partial charge in [0, 0.05) is 6.54 Å². The van der Waals surface area contributed by atoms with Crippen LogP contribution in [0.15, 0.2) is 4.99 Å². The Morgan fingerprint density at radius 2 is 1.44 bits per heavy atom. The monoisotopic (exact) mass is 459 g/mol. The second-order valence-electron chi connectivity index (χ2n) is 7.53. The number of guanidine groups is 1. The third-order valence-electron chi connectivity index (χ3n) is 4.23. The van der Waals surface area contributed by atoms with E-state index in [0.717, 1.165) is 0 Å². The fourth-order valence-corrected chi connectivity index (χ4v) is 2.50. The zero-order chi connectivity index (χ0) is 25.0. The number of nitrogens with one attached hydrogen (secondary N) is 3. The lowest BCUT2D eigenvalue weighted by Crippen LogP contribution is -2.58. The Morgan fingerprint density at radius 1 is 0.875 bits per heavy atom. The summed E-state index contributed by atoms with van der Waals surface area (Å²) in [7, 11) is 0. The molecule has 182 valence electrons. The predicted molar refractivity (Wildman–Crippen MR) is 114 cm³/mol. The van der Waals surface area contributed by atoms with E-state index >= 15 is 0 Å². The fourth-order valence-electron chi connectivity index (χ4n) is 2.50. The van der Waals surface area contributed by atoms with E-state index in [1.807, 2.05) is 0 Å². The SMILES string of the molecule is CC(N)C(=O)NC(CCCN=C(N)N)C(=O)NC(C(=O)NC(CC(=O)O)C(=O)O)C(C)C. The third-order valence-corrected chi connectivity index (χ3v) is 4.23. The molecular formula is C18H33N7O7. The second-order valence-corrected chi connectivity index (χ2v) is 7.53. The normalized spacial score (nSPS) is 14.4. The smallest absolute Gasteiger partial charge is 0.326 e. The van der Waals surface area contributed by atoms with Crippen LogP contribution < -0.4 is 33.2 Å². The Kier molecular flexibility index (Phi) is 12.3. The first kappa shape index (κ1) is 28.6. The number of aliphatic imine (C=N–C) groups is 1. The van der Waals surface area contributed by atoms with Gasteiger partial charge in [-0.1, -0.05) is 13.8 Å². The van der Waals surface area contributed by atoms with Gasteiger partial charge < -0.3 is 43.4 Å². The summed E-state index contributed by atoms with van der Waals surface area (Å²) in [4.78, 5) is 63.2. The number of hydrogen-bond donors (Lipinski definition) is 8. The molecule has 0 radical (unpaired) electrons. The maximum absolute atomic E-state index is 12.8. The second kappa shape index (κ2) is 13.8. The van der Waals surface area contributed by atoms with Crippen LogP contribution in [0.2, 0.25) is 0 Å². The van der Waals surface area contributed by atoms with E-state index in [1.54, 1.807) is 13.8 Å². The number of carboxylic acid groups (broad SMARTS) is 2. The molecule has 0 aliphatic carbocycles. The summed E-state index contributed by atoms with van der Waals surface area (Å²) < 4.78 is 0. The summed E-state index contributed by atoms with van der Waals surface area (Å²) in [6, 6.07) is -4.82. The van der Waals surface area contributed by atoms with Crippen molar-refractivity contribution in [3.05, 3.63) is 0 Å². The highest BCUT2D eigenvalue weighted by molar-refractivity contribution is 5.94. The number of amides is 3. The van der Waals surface area contributed by atoms with Gasteiger partial charge in [0.05, 0.1) is 12.5 Å². The van der Waals surface area contributed by atoms with Crippen LogP contribution in [0.1, 0.15) is 40.0 Å². The van der Waals surface area contributed by atoms with Gasteiger partial charge in [-0.3, -0.25) is 24.2 Å². The largest absolute Gasteiger partial charge is 0.481 e. The van der Waals surface area contributed by atoms with Crippen molar-refractivity contribution in [1.29, 1.82) is 0 Å². The van der Waals surface area contributed by atoms with Crippen LogP contribution in [-0.4, -0.2) is 76.5 Å². The number of carbonyl (C=O) groups excluding carboxylic acids is 3. The van der Waals surface area contributed by atoms with Crippen molar-refractivity contribution in [2.45, 2.75) is 64.2 Å². The Morgan fingerprint density at radius 3 is 1.88 bits per heavy atom. The average molecular weight is 460 g/mol. The number of carboxylic acids is 2. The molecular weight excluding hydrogens is 426 g/mol. The van der Waals surface area contributed by atoms with E-state index in [4.69, 9.17) is 27.4 Å². The number of aliphatic carboxylic acids is 2. The van der Waals surface area contributed by atoms with Crippen LogP contribution in [0.5, 0.6) is 0 Å². The molecule has 0 fully saturated rings. The van der Waals surface area contributed by atoms with Gasteiger partial charge in [-0.15, -0.1) is 0 Å². The molecule has 32 heavy (non-hydrogen) atoms. The molecule has 14 nitrogen and oxygen atoms in total. The zero-order valence-electron chi connectivity index (χ0n) is 18.3. The molecule has 0 spiro atoms. The maximum atomic E-state index is 12.8. The van der Waals surface area contributed by atoms with Gasteiger partial charge in [0.1, 0.15) is 18.1 Å². The van der Waals surface area contributed by atoms with E-state index in [9.17, 15) is 24.0 Å². The average Bonchev–Trinajstić information content (AvgIpc) is 2.66. The molecule has 0 bridgehead atoms. The topological polar surface area (TPSA) is 252 Å². The number of hydrogen-bond acceptors (Lipinski definition) is 7. The summed E-state index contributed by atoms with van der Waals surface area (Å²) in [6.45, 7) is 4.84. The van der Waals surface area contributed by atoms with Gasteiger partial charge in [-0.25, -0.2) is 4.79 Å². The highest BCUT2D eigenvalue weighted by Gasteiger charge is 2.32. The highest BCUT2D eigenvalue weighted by atomic mass is 16.4. The van der Waals surface area contributed by atoms with Gasteiger partial charge >= 0.3 is 11.9 Å². The van der Waals surface area contributed by atoms with Crippen LogP contribution in [0.25, 0.3) is 0 Å². The summed E-state index contributed by atoms with van der Waals surface area (Å²) in [5.74, 6) is -5.73. The first-order chi connectivity index (χ1) is 14.8. The minimum absolute atomic E-state index is 0.128. The van der Waals surface area contributed by atoms with E-state index in [0.29, 0.717) is 6.42 Å². The standard InChI is InChI=1S/C18H33N7O7/c1-8(2)13(16(30)24-11(17(31)32)7-12(26)27)25-15(29)10(23-14(28)9(3)19)5-4-6-22-18(20)21/h8-11,13H,4-7,19H2,1-3H3,(H,23,28)(H,24,30)(H,25,29)(H,26,27)(H,31,32)(H4,20,21,22). The van der Waals surface area contributed by atoms with Crippen LogP contribution in [0.3, 0.4) is 0 Å². The number of rotatable bonds is 14. The highest BCUT2D eigenvalue weighted by Crippen LogP contribution is 2.07. The Balaban J connectivity index is 5.40. The van der Waals surface area contributed by atoms with Gasteiger partial charge in [0.2, 0.25) is 17.7 Å². The molecule has 0 saturated carbocycles. The summed E-state index contributed by atoms with van der Waals surface area (Å²) >= 11 is 0. The molecule has 0 saturated heterocycles. The first-order valence-electron chi connectivity index (χ1n) is 9.92. The third kappa shape index (κ3) is 11.1. The lowest BCUT2D eigenvalue weighted by Gasteiger charge is -2.26. The van der Waals surface area contributed by atoms with Gasteiger partial charge in [0.15, 0.2) is 5.96 Å². The number of nitrogens with two attached hydrogens (primary N) is 3. The molecule has 0 rings (SSSR count). The van der Waals surface area contributed by atoms with Crippen molar-refractivity contribution >= 4 is 35.6 Å². The molecule has 0 heterocycles. The summed E-state index contributed by atoms with van der Waals surface area (Å²) in [5.41, 5.74) is 16.0. The van der Waals surface area contributed by atoms with E-state index < -0.39 is 66.2 Å². The van der Waals surface area contributed by atoms with Crippen molar-refractivity contribution in [3.63, 3.8) is 0 Å². The number of carbonyl (C=O) groups is 5. The van der Waals surface area contributed by atoms with E-state index in [1.165, 1.54) is 6.92 Å². The quantitative estimate of drug-likeness (QED) is 0.0744. The fraction of sp³-hybridized carbons (Fsp3) is 0.667. The Bertz CT molecular complexity index is 720. The summed E-state index contributed by atoms with van der Waals surface area (Å²) in [5, 5.41) is 25.0. The van der Waals surface area contributed by atoms with Crippen molar-refractivity contribution in [2.75, 3.05) is 6.54 Å². The molecule has 11 N–H and O–H groups in total. The van der Waals surface area contributed by atoms with Crippen molar-refractivity contribution in [2.24, 2.45) is 28.1 Å². The van der Waals surface area contributed by atoms with Crippen LogP contribution in [0, 0.1) is 5.92 Å². The van der Waals surface area contributed by atoms with Crippen molar-refractivity contribution in [1.82, 2.24) is 16.0 Å². The van der Waals surface area contributed by atoms with Gasteiger partial charge in [0.25, 0.3) is 0 Å². The molecule has 0 aliphatic heterocycles. The maximum Gasteiger partial charge on any atom is 0.326 e. The van der Waals surface area contributed by atoms with Crippen molar-refractivity contribution in [3.8, 4) is 0 Å². The minimum Gasteiger partial charge on any atom is -0.481 e. The molecule has 0 aromatic heterocycles. The molecule has 0 aliphatic rings. The van der Waals surface area contributed by atoms with Crippen LogP contribution in [-0.2, 0) is 24.0 Å². The van der Waals surface area contributed by atoms with E-state index in [2.05, 4.69) is 20.9 Å². The zero-order valence-corrected chi connectivity index (χ0v) is 18.3. The lowest BCUT2D eigenvalue weighted by molar-refractivity contribution is -0.147. The predicted octanol–water partition coefficient (Wildman–Crippen LogP) is -2.94. The van der Waals surface area contributed by atoms with E-state index in [-0.39, 0.29) is 18.9 Å². The van der Waals surface area contributed by atoms with Crippen molar-refractivity contribution < 1.29 is 34.2 Å². The molecule has 3 amide bonds. The molecule has 14 heteroatoms. The first-order valence-corrected chi connectivity index (χ1v) is 9.92. The Labute approximate surface area is 185 Å². The molecule has 0 aromatic rings. The van der Waals surface area contributed by atoms with Crippen LogP contribution in [0.4, 0.5) is 0 Å². The molecule has 0 aromatic carbocycles. The molecule has 4 unspecified atom stereocenters. The minimum atomic E-state index is -1.67. The number of nitrogens with zero attached hydrogens (tertiary/aromatic N) is 1. The lowest BCUT2D eigenvalue weighted by atomic mass is 10.0. The Hall–Kier alpha value is -3.42.